The molecule has 3 N–H and O–H groups in total. The number of fused-ring (bicyclic) bond motifs is 1. The van der Waals surface area contributed by atoms with Crippen LogP contribution in [0.5, 0.6) is 0 Å². The van der Waals surface area contributed by atoms with Crippen LogP contribution >= 0.6 is 0 Å². The highest BCUT2D eigenvalue weighted by molar-refractivity contribution is 6.99. The lowest BCUT2D eigenvalue weighted by Gasteiger charge is -2.43. The molecule has 8 heteroatoms. The third-order valence-corrected chi connectivity index (χ3v) is 15.4. The maximum atomic E-state index is 14.0. The minimum Gasteiger partial charge on any atom is -0.403 e. The molecule has 0 saturated carbocycles. The molecule has 1 aliphatic heterocycles. The largest absolute Gasteiger partial charge is 0.403 e. The van der Waals surface area contributed by atoms with E-state index in [4.69, 9.17) is 9.41 Å². The lowest BCUT2D eigenvalue weighted by Crippen LogP contribution is -2.66. The topological polar surface area (TPSA) is 91.9 Å². The van der Waals surface area contributed by atoms with Crippen LogP contribution in [0.25, 0.3) is 27.9 Å². The van der Waals surface area contributed by atoms with E-state index in [-0.39, 0.29) is 23.0 Å². The summed E-state index contributed by atoms with van der Waals surface area (Å²) in [6, 6.07) is 37.4. The number of rotatable bonds is 9. The molecule has 0 aliphatic carbocycles. The van der Waals surface area contributed by atoms with Crippen LogP contribution in [0.3, 0.4) is 0 Å². The number of aromatic nitrogens is 3. The molecule has 270 valence electrons. The van der Waals surface area contributed by atoms with Gasteiger partial charge in [0.05, 0.1) is 12.3 Å². The first kappa shape index (κ1) is 36.2. The van der Waals surface area contributed by atoms with Gasteiger partial charge in [-0.2, -0.15) is 0 Å². The Morgan fingerprint density at radius 1 is 0.830 bits per heavy atom. The van der Waals surface area contributed by atoms with Crippen molar-refractivity contribution < 1.29 is 9.22 Å². The summed E-state index contributed by atoms with van der Waals surface area (Å²) < 4.78 is 7.53. The Kier molecular flexibility index (Phi) is 10.0. The second-order valence-electron chi connectivity index (χ2n) is 15.9. The molecule has 4 aromatic carbocycles. The fourth-order valence-corrected chi connectivity index (χ4v) is 12.1. The van der Waals surface area contributed by atoms with Crippen LogP contribution in [0.2, 0.25) is 5.04 Å². The number of benzene rings is 4. The lowest BCUT2D eigenvalue weighted by molar-refractivity contribution is 0.102. The summed E-state index contributed by atoms with van der Waals surface area (Å²) in [5, 5.41) is 9.76. The van der Waals surface area contributed by atoms with E-state index in [1.54, 1.807) is 6.33 Å². The van der Waals surface area contributed by atoms with Gasteiger partial charge in [0.25, 0.3) is 14.2 Å². The highest BCUT2D eigenvalue weighted by Crippen LogP contribution is 2.40. The van der Waals surface area contributed by atoms with Crippen molar-refractivity contribution in [2.45, 2.75) is 65.0 Å². The molecule has 53 heavy (non-hydrogen) atoms. The number of nitrogens with zero attached hydrogens (tertiary/aromatic N) is 2. The van der Waals surface area contributed by atoms with Gasteiger partial charge < -0.3 is 20.0 Å². The van der Waals surface area contributed by atoms with E-state index in [2.05, 4.69) is 141 Å². The van der Waals surface area contributed by atoms with Crippen molar-refractivity contribution in [3.05, 3.63) is 144 Å². The maximum absolute atomic E-state index is 14.0. The summed E-state index contributed by atoms with van der Waals surface area (Å²) in [7, 11) is -2.94. The number of aromatic amines is 1. The zero-order valence-corrected chi connectivity index (χ0v) is 32.6. The molecule has 0 bridgehead atoms. The monoisotopic (exact) mass is 719 g/mol. The van der Waals surface area contributed by atoms with Gasteiger partial charge in [-0.15, -0.1) is 0 Å². The van der Waals surface area contributed by atoms with Crippen molar-refractivity contribution in [3.63, 3.8) is 0 Å². The Labute approximate surface area is 314 Å². The van der Waals surface area contributed by atoms with Gasteiger partial charge in [-0.1, -0.05) is 133 Å². The highest BCUT2D eigenvalue weighted by Gasteiger charge is 2.50. The standard InChI is InChI=1S/C45H49N5O2Si/c1-44(2,3)33-22-20-32(21-23-33)43(51)50-39-19-13-18-36(41-37-28-40(31-24-26-46-27-25-31)49-42(37)48-30-47-41)38(39)29-52-53(45(4,5)6,34-14-9-7-10-15-34)35-16-11-8-12-17-35/h7-24,28,30,46H,25-27,29H2,1-6H3,(H,50,51)(H,47,48,49). The third kappa shape index (κ3) is 7.27. The summed E-state index contributed by atoms with van der Waals surface area (Å²) in [6.07, 6.45) is 4.78. The van der Waals surface area contributed by atoms with E-state index in [0.29, 0.717) is 11.3 Å². The van der Waals surface area contributed by atoms with Gasteiger partial charge in [-0.3, -0.25) is 4.79 Å². The van der Waals surface area contributed by atoms with Crippen molar-refractivity contribution in [2.75, 3.05) is 18.4 Å². The lowest BCUT2D eigenvalue weighted by atomic mass is 9.86. The molecule has 0 spiro atoms. The summed E-state index contributed by atoms with van der Waals surface area (Å²) in [5.41, 5.74) is 8.08. The van der Waals surface area contributed by atoms with Gasteiger partial charge in [0.1, 0.15) is 12.0 Å². The second-order valence-corrected chi connectivity index (χ2v) is 20.2. The number of carbonyl (C=O) groups excluding carboxylic acids is 1. The van der Waals surface area contributed by atoms with E-state index < -0.39 is 8.32 Å². The number of hydrogen-bond donors (Lipinski definition) is 3. The first-order valence-corrected chi connectivity index (χ1v) is 20.4. The normalized spacial score (nSPS) is 13.9. The number of carbonyl (C=O) groups is 1. The predicted octanol–water partition coefficient (Wildman–Crippen LogP) is 8.63. The van der Waals surface area contributed by atoms with Gasteiger partial charge >= 0.3 is 0 Å². The molecule has 1 aliphatic rings. The molecule has 3 heterocycles. The van der Waals surface area contributed by atoms with Crippen LogP contribution in [-0.4, -0.2) is 42.3 Å². The minimum atomic E-state index is -2.94. The van der Waals surface area contributed by atoms with Gasteiger partial charge in [0.15, 0.2) is 0 Å². The Bertz CT molecular complexity index is 2210. The number of H-pyrrole nitrogens is 1. The summed E-state index contributed by atoms with van der Waals surface area (Å²) >= 11 is 0. The summed E-state index contributed by atoms with van der Waals surface area (Å²) in [5.74, 6) is -0.177. The van der Waals surface area contributed by atoms with Crippen LogP contribution in [0.4, 0.5) is 5.69 Å². The fourth-order valence-electron chi connectivity index (χ4n) is 7.53. The molecule has 1 amide bonds. The molecule has 7 rings (SSSR count). The molecule has 0 fully saturated rings. The number of nitrogens with one attached hydrogen (secondary N) is 3. The van der Waals surface area contributed by atoms with Crippen molar-refractivity contribution in [3.8, 4) is 11.3 Å². The van der Waals surface area contributed by atoms with Crippen molar-refractivity contribution >= 4 is 46.9 Å². The molecule has 0 saturated heterocycles. The average Bonchev–Trinajstić information content (AvgIpc) is 3.61. The zero-order valence-electron chi connectivity index (χ0n) is 31.6. The third-order valence-electron chi connectivity index (χ3n) is 10.4. The highest BCUT2D eigenvalue weighted by atomic mass is 28.4. The molecular weight excluding hydrogens is 671 g/mol. The first-order valence-electron chi connectivity index (χ1n) is 18.5. The molecule has 7 nitrogen and oxygen atoms in total. The van der Waals surface area contributed by atoms with Crippen LogP contribution in [0.15, 0.2) is 122 Å². The molecule has 2 aromatic heterocycles. The van der Waals surface area contributed by atoms with E-state index in [9.17, 15) is 4.79 Å². The van der Waals surface area contributed by atoms with Crippen LogP contribution in [0.1, 0.15) is 75.1 Å². The second kappa shape index (κ2) is 14.7. The van der Waals surface area contributed by atoms with Crippen LogP contribution in [-0.2, 0) is 16.4 Å². The van der Waals surface area contributed by atoms with E-state index in [1.165, 1.54) is 21.5 Å². The Balaban J connectivity index is 1.37. The quantitative estimate of drug-likeness (QED) is 0.130. The zero-order chi connectivity index (χ0) is 37.2. The molecule has 0 unspecified atom stereocenters. The fraction of sp³-hybridized carbons (Fsp3) is 0.267. The van der Waals surface area contributed by atoms with Crippen molar-refractivity contribution in [1.29, 1.82) is 0 Å². The average molecular weight is 720 g/mol. The first-order chi connectivity index (χ1) is 25.5. The molecule has 0 atom stereocenters. The van der Waals surface area contributed by atoms with Crippen molar-refractivity contribution in [2.24, 2.45) is 0 Å². The van der Waals surface area contributed by atoms with Gasteiger partial charge in [0.2, 0.25) is 0 Å². The Hall–Kier alpha value is -5.15. The molecule has 6 aromatic rings. The molecular formula is C45H49N5O2Si. The molecule has 0 radical (unpaired) electrons. The Morgan fingerprint density at radius 2 is 1.51 bits per heavy atom. The minimum absolute atomic E-state index is 0.0137. The van der Waals surface area contributed by atoms with Gasteiger partial charge in [-0.25, -0.2) is 9.97 Å². The van der Waals surface area contributed by atoms with Crippen LogP contribution in [0, 0.1) is 0 Å². The number of hydrogen-bond acceptors (Lipinski definition) is 5. The summed E-state index contributed by atoms with van der Waals surface area (Å²) in [4.78, 5) is 27.1. The van der Waals surface area contributed by atoms with Gasteiger partial charge in [-0.05, 0) is 69.2 Å². The van der Waals surface area contributed by atoms with E-state index >= 15 is 0 Å². The predicted molar refractivity (Wildman–Crippen MR) is 220 cm³/mol. The SMILES string of the molecule is CC(C)(C)c1ccc(C(=O)Nc2cccc(-c3ncnc4[nH]c(C5=CCNCC5)cc34)c2CO[Si](c2ccccc2)(c2ccccc2)C(C)(C)C)cc1. The number of amides is 1. The number of anilines is 1. The van der Waals surface area contributed by atoms with E-state index in [0.717, 1.165) is 53.1 Å². The van der Waals surface area contributed by atoms with E-state index in [1.807, 2.05) is 36.4 Å². The Morgan fingerprint density at radius 3 is 2.11 bits per heavy atom. The van der Waals surface area contributed by atoms with Gasteiger partial charge in [0, 0.05) is 40.0 Å². The van der Waals surface area contributed by atoms with Crippen molar-refractivity contribution in [1.82, 2.24) is 20.3 Å². The smallest absolute Gasteiger partial charge is 0.261 e. The maximum Gasteiger partial charge on any atom is 0.261 e. The summed E-state index contributed by atoms with van der Waals surface area (Å²) in [6.45, 7) is 15.4. The van der Waals surface area contributed by atoms with Crippen LogP contribution < -0.4 is 21.0 Å².